The molecule has 0 radical (unpaired) electrons. The lowest BCUT2D eigenvalue weighted by Gasteiger charge is -2.59. The van der Waals surface area contributed by atoms with E-state index in [2.05, 4.69) is 63.5 Å². The molecule has 3 fully saturated rings. The summed E-state index contributed by atoms with van der Waals surface area (Å²) in [6.07, 6.45) is 8.15. The third-order valence-corrected chi connectivity index (χ3v) is 9.43. The van der Waals surface area contributed by atoms with Crippen molar-refractivity contribution in [2.75, 3.05) is 19.8 Å². The van der Waals surface area contributed by atoms with Gasteiger partial charge in [-0.05, 0) is 59.2 Å². The quantitative estimate of drug-likeness (QED) is 0.701. The van der Waals surface area contributed by atoms with E-state index in [0.29, 0.717) is 10.8 Å². The molecule has 6 atom stereocenters. The molecule has 2 heteroatoms. The largest absolute Gasteiger partial charge is 0.355 e. The minimum atomic E-state index is 0.537. The van der Waals surface area contributed by atoms with E-state index >= 15 is 0 Å². The van der Waals surface area contributed by atoms with Crippen LogP contribution in [-0.4, -0.2) is 29.6 Å². The first-order chi connectivity index (χ1) is 11.7. The Labute approximate surface area is 154 Å². The molecule has 6 aliphatic carbocycles. The smallest absolute Gasteiger partial charge is 0.0898 e. The molecule has 1 aliphatic heterocycles. The summed E-state index contributed by atoms with van der Waals surface area (Å²) < 4.78 is 0. The van der Waals surface area contributed by atoms with Gasteiger partial charge in [0, 0.05) is 24.5 Å². The molecule has 0 aromatic rings. The topological polar surface area (TPSA) is 6.48 Å². The molecule has 4 bridgehead atoms. The molecule has 1 heterocycles. The van der Waals surface area contributed by atoms with E-state index in [4.69, 9.17) is 0 Å². The molecule has 6 unspecified atom stereocenters. The van der Waals surface area contributed by atoms with E-state index in [1.807, 2.05) is 0 Å². The van der Waals surface area contributed by atoms with Crippen LogP contribution in [0, 0.1) is 46.3 Å². The maximum atomic E-state index is 2.71. The number of allylic oxidation sites excluding steroid dienone is 4. The zero-order chi connectivity index (χ0) is 17.7. The first-order valence-corrected chi connectivity index (χ1v) is 10.6. The fourth-order valence-electron chi connectivity index (χ4n) is 7.18. The second-order valence-electron chi connectivity index (χ2n) is 11.0. The number of rotatable bonds is 2. The number of nitrogens with zero attached hydrogens (tertiary/aromatic N) is 2. The minimum absolute atomic E-state index is 0.537. The van der Waals surface area contributed by atoms with Gasteiger partial charge in [-0.25, -0.2) is 0 Å². The highest BCUT2D eigenvalue weighted by molar-refractivity contribution is 5.27. The van der Waals surface area contributed by atoms with E-state index in [1.165, 1.54) is 25.9 Å². The standard InChI is InChI=1S/C23H36N2/c1-14-18-9-16(22(18,3)4)11-20(14)24-7-8-25(13-24)21-12-17-10-19(15(21)2)23(17,5)6/h11-12,14-19H,7-10,13H2,1-6H3. The number of hydrogen-bond donors (Lipinski definition) is 0. The van der Waals surface area contributed by atoms with Crippen LogP contribution in [0.4, 0.5) is 0 Å². The maximum Gasteiger partial charge on any atom is 0.0898 e. The van der Waals surface area contributed by atoms with Crippen molar-refractivity contribution in [1.29, 1.82) is 0 Å². The van der Waals surface area contributed by atoms with Gasteiger partial charge in [-0.3, -0.25) is 0 Å². The summed E-state index contributed by atoms with van der Waals surface area (Å²) >= 11 is 0. The van der Waals surface area contributed by atoms with Gasteiger partial charge in [-0.2, -0.15) is 0 Å². The SMILES string of the molecule is CC1C(N2CCN(C3=CC4CC(C3C)C4(C)C)C2)=CC2CC1C2(C)C. The lowest BCUT2D eigenvalue weighted by atomic mass is 9.47. The summed E-state index contributed by atoms with van der Waals surface area (Å²) in [6, 6.07) is 0. The summed E-state index contributed by atoms with van der Waals surface area (Å²) in [5.74, 6) is 4.91. The van der Waals surface area contributed by atoms with Crippen LogP contribution in [0.1, 0.15) is 54.4 Å². The zero-order valence-electron chi connectivity index (χ0n) is 17.0. The minimum Gasteiger partial charge on any atom is -0.355 e. The average Bonchev–Trinajstić information content (AvgIpc) is 3.03. The summed E-state index contributed by atoms with van der Waals surface area (Å²) in [7, 11) is 0. The van der Waals surface area contributed by atoms with Crippen molar-refractivity contribution >= 4 is 0 Å². The first kappa shape index (κ1) is 16.3. The van der Waals surface area contributed by atoms with Gasteiger partial charge in [-0.15, -0.1) is 0 Å². The Hall–Kier alpha value is -0.920. The lowest BCUT2D eigenvalue weighted by molar-refractivity contribution is -0.0452. The molecule has 2 nitrogen and oxygen atoms in total. The fraction of sp³-hybridized carbons (Fsp3) is 0.826. The molecule has 0 amide bonds. The maximum absolute atomic E-state index is 2.71. The molecular formula is C23H36N2. The Morgan fingerprint density at radius 1 is 0.760 bits per heavy atom. The van der Waals surface area contributed by atoms with Crippen LogP contribution in [0.2, 0.25) is 0 Å². The van der Waals surface area contributed by atoms with Crippen molar-refractivity contribution < 1.29 is 0 Å². The predicted octanol–water partition coefficient (Wildman–Crippen LogP) is 4.95. The zero-order valence-corrected chi connectivity index (χ0v) is 17.0. The Balaban J connectivity index is 1.33. The fourth-order valence-corrected chi connectivity index (χ4v) is 7.18. The molecule has 2 saturated carbocycles. The molecule has 7 rings (SSSR count). The van der Waals surface area contributed by atoms with Gasteiger partial charge in [0.1, 0.15) is 0 Å². The highest BCUT2D eigenvalue weighted by Crippen LogP contribution is 2.62. The second kappa shape index (κ2) is 4.87. The van der Waals surface area contributed by atoms with E-state index in [0.717, 1.165) is 42.2 Å². The van der Waals surface area contributed by atoms with Gasteiger partial charge in [0.15, 0.2) is 0 Å². The highest BCUT2D eigenvalue weighted by Gasteiger charge is 2.55. The first-order valence-electron chi connectivity index (χ1n) is 10.6. The van der Waals surface area contributed by atoms with Crippen LogP contribution in [0.5, 0.6) is 0 Å². The van der Waals surface area contributed by atoms with Crippen molar-refractivity contribution in [1.82, 2.24) is 9.80 Å². The summed E-state index contributed by atoms with van der Waals surface area (Å²) in [5, 5.41) is 0. The van der Waals surface area contributed by atoms with Crippen LogP contribution < -0.4 is 0 Å². The second-order valence-corrected chi connectivity index (χ2v) is 11.0. The lowest BCUT2D eigenvalue weighted by Crippen LogP contribution is -2.53. The predicted molar refractivity (Wildman–Crippen MR) is 104 cm³/mol. The third-order valence-electron chi connectivity index (χ3n) is 9.43. The van der Waals surface area contributed by atoms with Gasteiger partial charge in [0.05, 0.1) is 6.67 Å². The molecule has 0 aromatic carbocycles. The van der Waals surface area contributed by atoms with Crippen molar-refractivity contribution in [2.24, 2.45) is 46.3 Å². The van der Waals surface area contributed by atoms with Gasteiger partial charge >= 0.3 is 0 Å². The summed E-state index contributed by atoms with van der Waals surface area (Å²) in [4.78, 5) is 5.41. The Morgan fingerprint density at radius 2 is 1.16 bits per heavy atom. The average molecular weight is 341 g/mol. The molecule has 1 saturated heterocycles. The normalized spacial score (nSPS) is 46.2. The van der Waals surface area contributed by atoms with Gasteiger partial charge in [-0.1, -0.05) is 53.7 Å². The Kier molecular flexibility index (Phi) is 3.17. The molecular weight excluding hydrogens is 304 g/mol. The van der Waals surface area contributed by atoms with Crippen molar-refractivity contribution in [3.63, 3.8) is 0 Å². The molecule has 25 heavy (non-hydrogen) atoms. The Morgan fingerprint density at radius 3 is 1.48 bits per heavy atom. The van der Waals surface area contributed by atoms with E-state index in [-0.39, 0.29) is 0 Å². The van der Waals surface area contributed by atoms with Crippen LogP contribution in [0.15, 0.2) is 23.5 Å². The monoisotopic (exact) mass is 340 g/mol. The summed E-state index contributed by atoms with van der Waals surface area (Å²) in [6.45, 7) is 18.5. The van der Waals surface area contributed by atoms with Crippen molar-refractivity contribution in [3.8, 4) is 0 Å². The van der Waals surface area contributed by atoms with Gasteiger partial charge < -0.3 is 9.80 Å². The molecule has 138 valence electrons. The van der Waals surface area contributed by atoms with Crippen LogP contribution in [-0.2, 0) is 0 Å². The van der Waals surface area contributed by atoms with E-state index in [9.17, 15) is 0 Å². The van der Waals surface area contributed by atoms with Crippen LogP contribution in [0.25, 0.3) is 0 Å². The van der Waals surface area contributed by atoms with E-state index in [1.54, 1.807) is 11.4 Å². The molecule has 0 N–H and O–H groups in total. The Bertz CT molecular complexity index is 599. The third kappa shape index (κ3) is 1.97. The van der Waals surface area contributed by atoms with Crippen LogP contribution in [0.3, 0.4) is 0 Å². The molecule has 0 aromatic heterocycles. The van der Waals surface area contributed by atoms with Crippen molar-refractivity contribution in [3.05, 3.63) is 23.5 Å². The van der Waals surface area contributed by atoms with Gasteiger partial charge in [0.25, 0.3) is 0 Å². The van der Waals surface area contributed by atoms with Crippen molar-refractivity contribution in [2.45, 2.75) is 54.4 Å². The number of hydrogen-bond acceptors (Lipinski definition) is 2. The van der Waals surface area contributed by atoms with Gasteiger partial charge in [0.2, 0.25) is 0 Å². The number of fused-ring (bicyclic) bond motifs is 2. The molecule has 0 spiro atoms. The summed E-state index contributed by atoms with van der Waals surface area (Å²) in [5.41, 5.74) is 4.40. The molecule has 7 aliphatic rings. The highest BCUT2D eigenvalue weighted by atomic mass is 15.4. The van der Waals surface area contributed by atoms with Crippen LogP contribution >= 0.6 is 0 Å². The van der Waals surface area contributed by atoms with E-state index < -0.39 is 0 Å².